The average Bonchev–Trinajstić information content (AvgIpc) is 2.86. The molecule has 1 unspecified atom stereocenters. The van der Waals surface area contributed by atoms with Crippen molar-refractivity contribution < 1.29 is 29.1 Å². The fraction of sp³-hybridized carbons (Fsp3) is 0.0741. The van der Waals surface area contributed by atoms with Crippen molar-refractivity contribution in [1.29, 1.82) is 0 Å². The van der Waals surface area contributed by atoms with Crippen LogP contribution in [0, 0.1) is 0 Å². The lowest BCUT2D eigenvalue weighted by Crippen LogP contribution is -2.27. The standard InChI is InChI=1S/C27H20N2O6S/c1-15(36-17-7-4-6-16(14-17)28-22(30)12-13-23(31)32)27(35)29-21-11-5-10-20-24(21)26(34)19-9-3-2-8-18(19)25(20)33/h2-15H,1H3,(H,28,30)(H,29,35)(H,31,32)/b13-12+. The molecule has 3 aromatic rings. The third-order valence-electron chi connectivity index (χ3n) is 5.37. The molecule has 0 aliphatic heterocycles. The van der Waals surface area contributed by atoms with Crippen molar-refractivity contribution in [1.82, 2.24) is 0 Å². The van der Waals surface area contributed by atoms with E-state index < -0.39 is 17.1 Å². The number of anilines is 2. The number of rotatable bonds is 7. The third kappa shape index (κ3) is 5.26. The SMILES string of the molecule is CC(Sc1cccc(NC(=O)/C=C/C(=O)O)c1)C(=O)Nc1cccc2c1C(=O)c1ccccc1C2=O. The van der Waals surface area contributed by atoms with Gasteiger partial charge >= 0.3 is 5.97 Å². The maximum absolute atomic E-state index is 13.1. The lowest BCUT2D eigenvalue weighted by molar-refractivity contribution is -0.131. The van der Waals surface area contributed by atoms with E-state index in [0.29, 0.717) is 21.7 Å². The van der Waals surface area contributed by atoms with Crippen LogP contribution in [-0.2, 0) is 14.4 Å². The molecular weight excluding hydrogens is 480 g/mol. The van der Waals surface area contributed by atoms with E-state index in [-0.39, 0.29) is 34.3 Å². The Bertz CT molecular complexity index is 1450. The molecule has 2 amide bonds. The number of amides is 2. The molecule has 4 rings (SSSR count). The van der Waals surface area contributed by atoms with E-state index in [1.54, 1.807) is 73.7 Å². The smallest absolute Gasteiger partial charge is 0.328 e. The molecule has 1 aliphatic rings. The van der Waals surface area contributed by atoms with Gasteiger partial charge in [0.15, 0.2) is 11.6 Å². The molecule has 0 spiro atoms. The van der Waals surface area contributed by atoms with E-state index >= 15 is 0 Å². The molecule has 1 atom stereocenters. The van der Waals surface area contributed by atoms with Crippen LogP contribution in [0.2, 0.25) is 0 Å². The van der Waals surface area contributed by atoms with Gasteiger partial charge in [-0.1, -0.05) is 42.5 Å². The summed E-state index contributed by atoms with van der Waals surface area (Å²) >= 11 is 1.23. The molecule has 0 bridgehead atoms. The minimum Gasteiger partial charge on any atom is -0.478 e. The van der Waals surface area contributed by atoms with Crippen LogP contribution in [0.3, 0.4) is 0 Å². The van der Waals surface area contributed by atoms with Gasteiger partial charge < -0.3 is 15.7 Å². The molecule has 0 saturated heterocycles. The molecule has 3 N–H and O–H groups in total. The molecule has 180 valence electrons. The highest BCUT2D eigenvalue weighted by molar-refractivity contribution is 8.00. The molecule has 8 nitrogen and oxygen atoms in total. The minimum absolute atomic E-state index is 0.172. The third-order valence-corrected chi connectivity index (χ3v) is 6.47. The monoisotopic (exact) mass is 500 g/mol. The minimum atomic E-state index is -1.23. The first-order chi connectivity index (χ1) is 17.2. The summed E-state index contributed by atoms with van der Waals surface area (Å²) in [5.74, 6) is -2.79. The molecule has 36 heavy (non-hydrogen) atoms. The molecule has 0 fully saturated rings. The lowest BCUT2D eigenvalue weighted by Gasteiger charge is -2.21. The number of carbonyl (C=O) groups is 5. The van der Waals surface area contributed by atoms with Gasteiger partial charge in [0.2, 0.25) is 11.8 Å². The maximum atomic E-state index is 13.1. The predicted molar refractivity (Wildman–Crippen MR) is 136 cm³/mol. The Labute approximate surface area is 210 Å². The first-order valence-corrected chi connectivity index (χ1v) is 11.7. The Balaban J connectivity index is 1.48. The van der Waals surface area contributed by atoms with Crippen LogP contribution in [0.15, 0.2) is 83.8 Å². The number of nitrogens with one attached hydrogen (secondary N) is 2. The number of thioether (sulfide) groups is 1. The summed E-state index contributed by atoms with van der Waals surface area (Å²) in [5, 5.41) is 13.4. The molecule has 0 radical (unpaired) electrons. The van der Waals surface area contributed by atoms with Crippen molar-refractivity contribution in [3.05, 3.63) is 101 Å². The van der Waals surface area contributed by atoms with Crippen LogP contribution in [0.25, 0.3) is 0 Å². The van der Waals surface area contributed by atoms with E-state index in [0.717, 1.165) is 12.2 Å². The first-order valence-electron chi connectivity index (χ1n) is 10.9. The van der Waals surface area contributed by atoms with E-state index in [1.165, 1.54) is 11.8 Å². The molecule has 3 aromatic carbocycles. The van der Waals surface area contributed by atoms with Gasteiger partial charge in [0, 0.05) is 39.4 Å². The summed E-state index contributed by atoms with van der Waals surface area (Å²) in [4.78, 5) is 62.1. The highest BCUT2D eigenvalue weighted by Crippen LogP contribution is 2.33. The Morgan fingerprint density at radius 3 is 2.22 bits per heavy atom. The Morgan fingerprint density at radius 1 is 0.833 bits per heavy atom. The van der Waals surface area contributed by atoms with Crippen LogP contribution in [-0.4, -0.2) is 39.7 Å². The second-order valence-corrected chi connectivity index (χ2v) is 9.28. The number of carboxylic acids is 1. The summed E-state index contributed by atoms with van der Waals surface area (Å²) in [6.45, 7) is 1.69. The fourth-order valence-corrected chi connectivity index (χ4v) is 4.65. The van der Waals surface area contributed by atoms with Crippen LogP contribution < -0.4 is 10.6 Å². The number of benzene rings is 3. The summed E-state index contributed by atoms with van der Waals surface area (Å²) in [5.41, 5.74) is 1.77. The van der Waals surface area contributed by atoms with Gasteiger partial charge in [-0.15, -0.1) is 11.8 Å². The van der Waals surface area contributed by atoms with Gasteiger partial charge in [-0.3, -0.25) is 19.2 Å². The number of hydrogen-bond donors (Lipinski definition) is 3. The summed E-state index contributed by atoms with van der Waals surface area (Å²) < 4.78 is 0. The Kier molecular flexibility index (Phi) is 7.12. The predicted octanol–water partition coefficient (Wildman–Crippen LogP) is 4.16. The Morgan fingerprint density at radius 2 is 1.50 bits per heavy atom. The number of fused-ring (bicyclic) bond motifs is 2. The van der Waals surface area contributed by atoms with E-state index in [9.17, 15) is 24.0 Å². The highest BCUT2D eigenvalue weighted by Gasteiger charge is 2.32. The average molecular weight is 501 g/mol. The first kappa shape index (κ1) is 24.6. The van der Waals surface area contributed by atoms with Crippen molar-refractivity contribution in [2.45, 2.75) is 17.1 Å². The topological polar surface area (TPSA) is 130 Å². The van der Waals surface area contributed by atoms with E-state index in [2.05, 4.69) is 10.6 Å². The number of aliphatic carboxylic acids is 1. The molecule has 0 aromatic heterocycles. The van der Waals surface area contributed by atoms with E-state index in [1.807, 2.05) is 0 Å². The van der Waals surface area contributed by atoms with Gasteiger partial charge in [-0.25, -0.2) is 4.79 Å². The van der Waals surface area contributed by atoms with Gasteiger partial charge in [0.05, 0.1) is 16.5 Å². The molecule has 1 aliphatic carbocycles. The number of ketones is 2. The fourth-order valence-electron chi connectivity index (χ4n) is 3.72. The van der Waals surface area contributed by atoms with Crippen molar-refractivity contribution in [2.24, 2.45) is 0 Å². The normalized spacial score (nSPS) is 13.0. The zero-order chi connectivity index (χ0) is 25.8. The van der Waals surface area contributed by atoms with Gasteiger partial charge in [0.25, 0.3) is 0 Å². The summed E-state index contributed by atoms with van der Waals surface area (Å²) in [6, 6.07) is 18.1. The van der Waals surface area contributed by atoms with Crippen LogP contribution in [0.1, 0.15) is 38.8 Å². The quantitative estimate of drug-likeness (QED) is 0.257. The summed E-state index contributed by atoms with van der Waals surface area (Å²) in [6.07, 6.45) is 1.64. The lowest BCUT2D eigenvalue weighted by atomic mass is 9.83. The van der Waals surface area contributed by atoms with Crippen molar-refractivity contribution in [3.63, 3.8) is 0 Å². The number of carboxylic acid groups (broad SMARTS) is 1. The highest BCUT2D eigenvalue weighted by atomic mass is 32.2. The van der Waals surface area contributed by atoms with Crippen LogP contribution in [0.5, 0.6) is 0 Å². The Hall–Kier alpha value is -4.50. The molecule has 0 heterocycles. The molecular formula is C27H20N2O6S. The second kappa shape index (κ2) is 10.4. The van der Waals surface area contributed by atoms with Crippen LogP contribution >= 0.6 is 11.8 Å². The van der Waals surface area contributed by atoms with Crippen LogP contribution in [0.4, 0.5) is 11.4 Å². The van der Waals surface area contributed by atoms with Gasteiger partial charge in [-0.2, -0.15) is 0 Å². The zero-order valence-electron chi connectivity index (χ0n) is 19.0. The van der Waals surface area contributed by atoms with Crippen molar-refractivity contribution in [3.8, 4) is 0 Å². The van der Waals surface area contributed by atoms with Crippen molar-refractivity contribution in [2.75, 3.05) is 10.6 Å². The maximum Gasteiger partial charge on any atom is 0.328 e. The zero-order valence-corrected chi connectivity index (χ0v) is 19.8. The largest absolute Gasteiger partial charge is 0.478 e. The molecule has 9 heteroatoms. The molecule has 0 saturated carbocycles. The number of carbonyl (C=O) groups excluding carboxylic acids is 4. The van der Waals surface area contributed by atoms with Gasteiger partial charge in [0.1, 0.15) is 0 Å². The van der Waals surface area contributed by atoms with E-state index in [4.69, 9.17) is 5.11 Å². The van der Waals surface area contributed by atoms with Crippen molar-refractivity contribution >= 4 is 52.5 Å². The summed E-state index contributed by atoms with van der Waals surface area (Å²) in [7, 11) is 0. The number of hydrogen-bond acceptors (Lipinski definition) is 6. The second-order valence-electron chi connectivity index (χ2n) is 7.87. The van der Waals surface area contributed by atoms with Gasteiger partial charge in [-0.05, 0) is 31.2 Å².